The minimum Gasteiger partial charge on any atom is -0.454 e. The van der Waals surface area contributed by atoms with Gasteiger partial charge in [-0.15, -0.1) is 0 Å². The van der Waals surface area contributed by atoms with Gasteiger partial charge in [-0.25, -0.2) is 0 Å². The zero-order chi connectivity index (χ0) is 21.8. The van der Waals surface area contributed by atoms with Crippen LogP contribution in [0.1, 0.15) is 55.1 Å². The number of hydrogen-bond donors (Lipinski definition) is 0. The second kappa shape index (κ2) is 9.73. The zero-order valence-corrected chi connectivity index (χ0v) is 18.8. The number of aromatic nitrogens is 1. The first-order valence-corrected chi connectivity index (χ1v) is 11.6. The molecule has 4 rings (SSSR count). The van der Waals surface area contributed by atoms with Crippen molar-refractivity contribution in [1.29, 1.82) is 0 Å². The third kappa shape index (κ3) is 5.21. The predicted molar refractivity (Wildman–Crippen MR) is 119 cm³/mol. The largest absolute Gasteiger partial charge is 0.454 e. The molecule has 1 saturated heterocycles. The lowest BCUT2D eigenvalue weighted by Crippen LogP contribution is -2.48. The van der Waals surface area contributed by atoms with Crippen molar-refractivity contribution in [1.82, 2.24) is 19.3 Å². The Morgan fingerprint density at radius 3 is 2.55 bits per heavy atom. The molecule has 0 aromatic carbocycles. The lowest BCUT2D eigenvalue weighted by Gasteiger charge is -2.33. The fourth-order valence-corrected chi connectivity index (χ4v) is 4.24. The van der Waals surface area contributed by atoms with E-state index in [0.29, 0.717) is 18.8 Å². The minimum atomic E-state index is -0.0288. The molecule has 1 aliphatic carbocycles. The first-order valence-electron chi connectivity index (χ1n) is 11.6. The van der Waals surface area contributed by atoms with E-state index in [1.165, 1.54) is 0 Å². The van der Waals surface area contributed by atoms with E-state index < -0.39 is 0 Å². The number of amides is 2. The Hall–Kier alpha value is -2.54. The first kappa shape index (κ1) is 21.7. The van der Waals surface area contributed by atoms with Gasteiger partial charge in [-0.3, -0.25) is 9.59 Å². The van der Waals surface area contributed by atoms with Gasteiger partial charge in [0.2, 0.25) is 5.91 Å². The van der Waals surface area contributed by atoms with Gasteiger partial charge in [0.25, 0.3) is 5.91 Å². The lowest BCUT2D eigenvalue weighted by atomic mass is 10.2. The van der Waals surface area contributed by atoms with E-state index in [1.54, 1.807) is 6.07 Å². The van der Waals surface area contributed by atoms with Crippen LogP contribution in [0.5, 0.6) is 0 Å². The molecule has 0 radical (unpaired) electrons. The molecule has 0 unspecified atom stereocenters. The SMILES string of the molecule is CCCN(Cc1cccn1Cc1ccc(C(=O)N2CCN(CC)CC2)o1)C(=O)C1CC1. The number of carbonyl (C=O) groups is 2. The molecular formula is C24H34N4O3. The van der Waals surface area contributed by atoms with Gasteiger partial charge in [0.15, 0.2) is 5.76 Å². The second-order valence-electron chi connectivity index (χ2n) is 8.65. The highest BCUT2D eigenvalue weighted by atomic mass is 16.4. The van der Waals surface area contributed by atoms with Gasteiger partial charge in [-0.1, -0.05) is 13.8 Å². The molecule has 0 bridgehead atoms. The van der Waals surface area contributed by atoms with Crippen LogP contribution in [0, 0.1) is 5.92 Å². The quantitative estimate of drug-likeness (QED) is 0.618. The molecule has 7 heteroatoms. The Kier molecular flexibility index (Phi) is 6.80. The summed E-state index contributed by atoms with van der Waals surface area (Å²) < 4.78 is 8.03. The minimum absolute atomic E-state index is 0.0288. The van der Waals surface area contributed by atoms with E-state index in [-0.39, 0.29) is 17.7 Å². The van der Waals surface area contributed by atoms with Gasteiger partial charge in [0.1, 0.15) is 5.76 Å². The second-order valence-corrected chi connectivity index (χ2v) is 8.65. The molecule has 2 aromatic rings. The lowest BCUT2D eigenvalue weighted by molar-refractivity contribution is -0.133. The van der Waals surface area contributed by atoms with Crippen molar-refractivity contribution in [2.45, 2.75) is 46.2 Å². The number of hydrogen-bond acceptors (Lipinski definition) is 4. The normalized spacial score (nSPS) is 17.2. The molecule has 2 amide bonds. The molecular weight excluding hydrogens is 392 g/mol. The number of rotatable bonds is 9. The number of piperazine rings is 1. The van der Waals surface area contributed by atoms with E-state index in [2.05, 4.69) is 29.4 Å². The molecule has 2 fully saturated rings. The summed E-state index contributed by atoms with van der Waals surface area (Å²) in [7, 11) is 0. The van der Waals surface area contributed by atoms with Crippen LogP contribution in [0.3, 0.4) is 0 Å². The van der Waals surface area contributed by atoms with Gasteiger partial charge in [-0.05, 0) is 50.1 Å². The van der Waals surface area contributed by atoms with Crippen molar-refractivity contribution in [3.8, 4) is 0 Å². The zero-order valence-electron chi connectivity index (χ0n) is 18.8. The van der Waals surface area contributed by atoms with Gasteiger partial charge < -0.3 is 23.7 Å². The maximum atomic E-state index is 12.8. The average molecular weight is 427 g/mol. The van der Waals surface area contributed by atoms with E-state index in [4.69, 9.17) is 4.42 Å². The van der Waals surface area contributed by atoms with E-state index in [1.807, 2.05) is 28.1 Å². The molecule has 168 valence electrons. The van der Waals surface area contributed by atoms with Crippen LogP contribution in [0.15, 0.2) is 34.9 Å². The van der Waals surface area contributed by atoms with Crippen LogP contribution in [0.25, 0.3) is 0 Å². The highest BCUT2D eigenvalue weighted by molar-refractivity contribution is 5.91. The summed E-state index contributed by atoms with van der Waals surface area (Å²) in [5.74, 6) is 1.64. The van der Waals surface area contributed by atoms with Crippen molar-refractivity contribution >= 4 is 11.8 Å². The molecule has 1 saturated carbocycles. The molecule has 31 heavy (non-hydrogen) atoms. The Morgan fingerprint density at radius 2 is 1.87 bits per heavy atom. The van der Waals surface area contributed by atoms with Crippen molar-refractivity contribution in [3.05, 3.63) is 47.7 Å². The van der Waals surface area contributed by atoms with Gasteiger partial charge in [0.05, 0.1) is 13.1 Å². The standard InChI is InChI=1S/C24H34N4O3/c1-3-11-28(23(29)19-7-8-19)17-20-6-5-12-27(20)18-21-9-10-22(31-21)24(30)26-15-13-25(4-2)14-16-26/h5-6,9-10,12,19H,3-4,7-8,11,13-18H2,1-2H3. The van der Waals surface area contributed by atoms with Crippen LogP contribution >= 0.6 is 0 Å². The van der Waals surface area contributed by atoms with Crippen LogP contribution in [-0.2, 0) is 17.9 Å². The van der Waals surface area contributed by atoms with E-state index >= 15 is 0 Å². The molecule has 3 heterocycles. The molecule has 7 nitrogen and oxygen atoms in total. The smallest absolute Gasteiger partial charge is 0.289 e. The molecule has 2 aromatic heterocycles. The first-order chi connectivity index (χ1) is 15.1. The monoisotopic (exact) mass is 426 g/mol. The van der Waals surface area contributed by atoms with Crippen molar-refractivity contribution in [3.63, 3.8) is 0 Å². The third-order valence-electron chi connectivity index (χ3n) is 6.31. The van der Waals surface area contributed by atoms with Crippen LogP contribution in [0.2, 0.25) is 0 Å². The summed E-state index contributed by atoms with van der Waals surface area (Å²) in [6, 6.07) is 7.74. The summed E-state index contributed by atoms with van der Waals surface area (Å²) in [6.07, 6.45) is 5.01. The number of carbonyl (C=O) groups excluding carboxylic acids is 2. The Morgan fingerprint density at radius 1 is 1.10 bits per heavy atom. The number of likely N-dealkylation sites (N-methyl/N-ethyl adjacent to an activating group) is 1. The van der Waals surface area contributed by atoms with Crippen molar-refractivity contribution in [2.75, 3.05) is 39.3 Å². The Bertz CT molecular complexity index is 890. The van der Waals surface area contributed by atoms with Crippen LogP contribution in [-0.4, -0.2) is 70.3 Å². The fraction of sp³-hybridized carbons (Fsp3) is 0.583. The molecule has 1 aliphatic heterocycles. The highest BCUT2D eigenvalue weighted by Gasteiger charge is 2.33. The van der Waals surface area contributed by atoms with Crippen molar-refractivity contribution < 1.29 is 14.0 Å². The topological polar surface area (TPSA) is 61.9 Å². The van der Waals surface area contributed by atoms with Crippen LogP contribution in [0.4, 0.5) is 0 Å². The van der Waals surface area contributed by atoms with Crippen molar-refractivity contribution in [2.24, 2.45) is 5.92 Å². The third-order valence-corrected chi connectivity index (χ3v) is 6.31. The predicted octanol–water partition coefficient (Wildman–Crippen LogP) is 3.06. The van der Waals surface area contributed by atoms with Crippen LogP contribution < -0.4 is 0 Å². The van der Waals surface area contributed by atoms with E-state index in [9.17, 15) is 9.59 Å². The maximum Gasteiger partial charge on any atom is 0.289 e. The summed E-state index contributed by atoms with van der Waals surface area (Å²) in [5, 5.41) is 0. The molecule has 0 atom stereocenters. The maximum absolute atomic E-state index is 12.8. The average Bonchev–Trinajstić information content (AvgIpc) is 3.39. The molecule has 0 spiro atoms. The van der Waals surface area contributed by atoms with Gasteiger partial charge >= 0.3 is 0 Å². The molecule has 2 aliphatic rings. The van der Waals surface area contributed by atoms with Gasteiger partial charge in [0, 0.05) is 50.5 Å². The number of nitrogens with zero attached hydrogens (tertiary/aromatic N) is 4. The summed E-state index contributed by atoms with van der Waals surface area (Å²) >= 11 is 0. The number of furan rings is 1. The Labute approximate surface area is 184 Å². The van der Waals surface area contributed by atoms with E-state index in [0.717, 1.165) is 70.0 Å². The summed E-state index contributed by atoms with van der Waals surface area (Å²) in [4.78, 5) is 31.6. The Balaban J connectivity index is 1.38. The fourth-order valence-electron chi connectivity index (χ4n) is 4.24. The summed E-state index contributed by atoms with van der Waals surface area (Å²) in [5.41, 5.74) is 1.09. The highest BCUT2D eigenvalue weighted by Crippen LogP contribution is 2.31. The van der Waals surface area contributed by atoms with Gasteiger partial charge in [-0.2, -0.15) is 0 Å². The summed E-state index contributed by atoms with van der Waals surface area (Å²) in [6.45, 7) is 10.5. The molecule has 0 N–H and O–H groups in total.